The molecule has 1 heterocycles. The van der Waals surface area contributed by atoms with Crippen LogP contribution in [0.1, 0.15) is 5.56 Å². The molecule has 0 spiro atoms. The highest BCUT2D eigenvalue weighted by Crippen LogP contribution is 2.21. The van der Waals surface area contributed by atoms with Gasteiger partial charge >= 0.3 is 0 Å². The third-order valence-corrected chi connectivity index (χ3v) is 4.76. The van der Waals surface area contributed by atoms with E-state index in [0.29, 0.717) is 10.1 Å². The van der Waals surface area contributed by atoms with Gasteiger partial charge in [-0.15, -0.1) is 0 Å². The molecule has 1 aliphatic heterocycles. The van der Waals surface area contributed by atoms with Crippen LogP contribution < -0.4 is 5.32 Å². The molecule has 2 aromatic carbocycles. The smallest absolute Gasteiger partial charge is 0.173 e. The number of piperazine rings is 1. The fourth-order valence-electron chi connectivity index (χ4n) is 2.76. The van der Waals surface area contributed by atoms with Crippen molar-refractivity contribution in [1.82, 2.24) is 9.80 Å². The summed E-state index contributed by atoms with van der Waals surface area (Å²) in [6.45, 7) is 4.22. The maximum absolute atomic E-state index is 13.3. The number of rotatable bonds is 3. The maximum Gasteiger partial charge on any atom is 0.173 e. The van der Waals surface area contributed by atoms with Gasteiger partial charge in [0.05, 0.1) is 10.7 Å². The van der Waals surface area contributed by atoms with Crippen LogP contribution in [0.3, 0.4) is 0 Å². The monoisotopic (exact) mass is 363 g/mol. The normalized spacial score (nSPS) is 15.3. The SMILES string of the molecule is Fc1cccc(CN2CCN(C(=S)Nc3ccccc3Cl)CC2)c1. The predicted octanol–water partition coefficient (Wildman–Crippen LogP) is 3.99. The highest BCUT2D eigenvalue weighted by Gasteiger charge is 2.19. The van der Waals surface area contributed by atoms with Gasteiger partial charge in [-0.2, -0.15) is 0 Å². The molecule has 0 aliphatic carbocycles. The lowest BCUT2D eigenvalue weighted by atomic mass is 10.2. The Morgan fingerprint density at radius 1 is 1.08 bits per heavy atom. The number of thiocarbonyl (C=S) groups is 1. The highest BCUT2D eigenvalue weighted by atomic mass is 35.5. The molecular formula is C18H19ClFN3S. The minimum atomic E-state index is -0.184. The molecule has 0 unspecified atom stereocenters. The summed E-state index contributed by atoms with van der Waals surface area (Å²) in [5.41, 5.74) is 1.83. The number of nitrogens with one attached hydrogen (secondary N) is 1. The van der Waals surface area contributed by atoms with Crippen molar-refractivity contribution in [3.05, 3.63) is 64.9 Å². The van der Waals surface area contributed by atoms with Crippen molar-refractivity contribution in [2.75, 3.05) is 31.5 Å². The summed E-state index contributed by atoms with van der Waals surface area (Å²) in [7, 11) is 0. The van der Waals surface area contributed by atoms with Crippen LogP contribution in [0.4, 0.5) is 10.1 Å². The van der Waals surface area contributed by atoms with Crippen molar-refractivity contribution in [1.29, 1.82) is 0 Å². The molecule has 0 amide bonds. The van der Waals surface area contributed by atoms with E-state index >= 15 is 0 Å². The molecule has 3 nitrogen and oxygen atoms in total. The lowest BCUT2D eigenvalue weighted by Crippen LogP contribution is -2.49. The van der Waals surface area contributed by atoms with E-state index in [4.69, 9.17) is 23.8 Å². The number of anilines is 1. The molecule has 2 aromatic rings. The van der Waals surface area contributed by atoms with Gasteiger partial charge < -0.3 is 10.2 Å². The van der Waals surface area contributed by atoms with Crippen molar-refractivity contribution in [3.63, 3.8) is 0 Å². The lowest BCUT2D eigenvalue weighted by molar-refractivity contribution is 0.177. The maximum atomic E-state index is 13.3. The average molecular weight is 364 g/mol. The Labute approximate surface area is 152 Å². The minimum Gasteiger partial charge on any atom is -0.346 e. The summed E-state index contributed by atoms with van der Waals surface area (Å²) in [5, 5.41) is 4.55. The van der Waals surface area contributed by atoms with E-state index in [0.717, 1.165) is 44.0 Å². The van der Waals surface area contributed by atoms with Crippen LogP contribution in [0.25, 0.3) is 0 Å². The molecule has 3 rings (SSSR count). The van der Waals surface area contributed by atoms with Crippen molar-refractivity contribution < 1.29 is 4.39 Å². The topological polar surface area (TPSA) is 18.5 Å². The molecule has 1 N–H and O–H groups in total. The Kier molecular flexibility index (Phi) is 5.66. The van der Waals surface area contributed by atoms with Gasteiger partial charge in [-0.25, -0.2) is 4.39 Å². The third kappa shape index (κ3) is 4.44. The zero-order valence-corrected chi connectivity index (χ0v) is 14.8. The molecule has 1 saturated heterocycles. The first-order valence-electron chi connectivity index (χ1n) is 7.89. The minimum absolute atomic E-state index is 0.184. The molecular weight excluding hydrogens is 345 g/mol. The Morgan fingerprint density at radius 2 is 1.83 bits per heavy atom. The van der Waals surface area contributed by atoms with E-state index in [2.05, 4.69) is 15.1 Å². The summed E-state index contributed by atoms with van der Waals surface area (Å²) < 4.78 is 13.3. The van der Waals surface area contributed by atoms with E-state index in [-0.39, 0.29) is 5.82 Å². The van der Waals surface area contributed by atoms with E-state index in [1.807, 2.05) is 30.3 Å². The van der Waals surface area contributed by atoms with Gasteiger partial charge in [0.2, 0.25) is 0 Å². The van der Waals surface area contributed by atoms with Crippen LogP contribution in [0.2, 0.25) is 5.02 Å². The van der Waals surface area contributed by atoms with Crippen molar-refractivity contribution in [2.24, 2.45) is 0 Å². The second-order valence-electron chi connectivity index (χ2n) is 5.80. The molecule has 24 heavy (non-hydrogen) atoms. The zero-order valence-electron chi connectivity index (χ0n) is 13.2. The largest absolute Gasteiger partial charge is 0.346 e. The second-order valence-corrected chi connectivity index (χ2v) is 6.60. The predicted molar refractivity (Wildman–Crippen MR) is 101 cm³/mol. The molecule has 0 radical (unpaired) electrons. The lowest BCUT2D eigenvalue weighted by Gasteiger charge is -2.36. The number of nitrogens with zero attached hydrogens (tertiary/aromatic N) is 2. The summed E-state index contributed by atoms with van der Waals surface area (Å²) in [6.07, 6.45) is 0. The molecule has 126 valence electrons. The molecule has 1 aliphatic rings. The fourth-order valence-corrected chi connectivity index (χ4v) is 3.23. The molecule has 0 saturated carbocycles. The quantitative estimate of drug-likeness (QED) is 0.830. The number of hydrogen-bond donors (Lipinski definition) is 1. The first-order valence-corrected chi connectivity index (χ1v) is 8.68. The van der Waals surface area contributed by atoms with Gasteiger partial charge in [0.15, 0.2) is 5.11 Å². The first-order chi connectivity index (χ1) is 11.6. The second kappa shape index (κ2) is 7.92. The molecule has 0 bridgehead atoms. The Morgan fingerprint density at radius 3 is 2.54 bits per heavy atom. The van der Waals surface area contributed by atoms with Gasteiger partial charge in [0.1, 0.15) is 5.82 Å². The van der Waals surface area contributed by atoms with Gasteiger partial charge in [-0.3, -0.25) is 4.90 Å². The van der Waals surface area contributed by atoms with Crippen LogP contribution in [-0.4, -0.2) is 41.1 Å². The van der Waals surface area contributed by atoms with Gasteiger partial charge in [-0.1, -0.05) is 35.9 Å². The fraction of sp³-hybridized carbons (Fsp3) is 0.278. The molecule has 6 heteroatoms. The summed E-state index contributed by atoms with van der Waals surface area (Å²) in [5.74, 6) is -0.184. The van der Waals surface area contributed by atoms with Crippen molar-refractivity contribution in [2.45, 2.75) is 6.54 Å². The van der Waals surface area contributed by atoms with Crippen molar-refractivity contribution in [3.8, 4) is 0 Å². The van der Waals surface area contributed by atoms with Crippen LogP contribution >= 0.6 is 23.8 Å². The number of hydrogen-bond acceptors (Lipinski definition) is 2. The van der Waals surface area contributed by atoms with E-state index in [9.17, 15) is 4.39 Å². The van der Waals surface area contributed by atoms with E-state index in [1.165, 1.54) is 6.07 Å². The Bertz CT molecular complexity index is 717. The van der Waals surface area contributed by atoms with E-state index < -0.39 is 0 Å². The third-order valence-electron chi connectivity index (χ3n) is 4.07. The Balaban J connectivity index is 1.51. The summed E-state index contributed by atoms with van der Waals surface area (Å²) >= 11 is 11.6. The van der Waals surface area contributed by atoms with Gasteiger partial charge in [0, 0.05) is 32.7 Å². The summed E-state index contributed by atoms with van der Waals surface area (Å²) in [4.78, 5) is 4.45. The van der Waals surface area contributed by atoms with E-state index in [1.54, 1.807) is 12.1 Å². The summed E-state index contributed by atoms with van der Waals surface area (Å²) in [6, 6.07) is 14.3. The van der Waals surface area contributed by atoms with Crippen molar-refractivity contribution >= 4 is 34.6 Å². The molecule has 0 aromatic heterocycles. The number of benzene rings is 2. The first kappa shape index (κ1) is 17.1. The molecule has 0 atom stereocenters. The molecule has 1 fully saturated rings. The average Bonchev–Trinajstić information content (AvgIpc) is 2.57. The van der Waals surface area contributed by atoms with Crippen LogP contribution in [0.15, 0.2) is 48.5 Å². The Hall–Kier alpha value is -1.69. The standard InChI is InChI=1S/C18H19ClFN3S/c19-16-6-1-2-7-17(16)21-18(24)23-10-8-22(9-11-23)13-14-4-3-5-15(20)12-14/h1-7,12H,8-11,13H2,(H,21,24). The van der Waals surface area contributed by atoms with Gasteiger partial charge in [-0.05, 0) is 42.0 Å². The van der Waals surface area contributed by atoms with Crippen LogP contribution in [0, 0.1) is 5.82 Å². The van der Waals surface area contributed by atoms with Gasteiger partial charge in [0.25, 0.3) is 0 Å². The highest BCUT2D eigenvalue weighted by molar-refractivity contribution is 7.80. The van der Waals surface area contributed by atoms with Crippen LogP contribution in [0.5, 0.6) is 0 Å². The zero-order chi connectivity index (χ0) is 16.9. The van der Waals surface area contributed by atoms with Crippen LogP contribution in [-0.2, 0) is 6.54 Å². The number of halogens is 2. The number of para-hydroxylation sites is 1.